The molecular formula is C19H19N5O2. The molecule has 0 radical (unpaired) electrons. The summed E-state index contributed by atoms with van der Waals surface area (Å²) in [5.74, 6) is 1.32. The van der Waals surface area contributed by atoms with Crippen LogP contribution in [0, 0.1) is 0 Å². The van der Waals surface area contributed by atoms with Gasteiger partial charge in [-0.1, -0.05) is 18.2 Å². The molecule has 1 spiro atoms. The van der Waals surface area contributed by atoms with E-state index in [1.54, 1.807) is 10.7 Å². The van der Waals surface area contributed by atoms with Crippen molar-refractivity contribution < 1.29 is 9.53 Å². The lowest BCUT2D eigenvalue weighted by Crippen LogP contribution is -2.41. The van der Waals surface area contributed by atoms with E-state index in [-0.39, 0.29) is 17.5 Å². The van der Waals surface area contributed by atoms with Gasteiger partial charge in [-0.2, -0.15) is 0 Å². The predicted octanol–water partition coefficient (Wildman–Crippen LogP) is 2.56. The van der Waals surface area contributed by atoms with Gasteiger partial charge in [0.2, 0.25) is 0 Å². The van der Waals surface area contributed by atoms with Gasteiger partial charge >= 0.3 is 0 Å². The number of carbonyl (C=O) groups excluding carboxylic acids is 1. The summed E-state index contributed by atoms with van der Waals surface area (Å²) in [6, 6.07) is 11.7. The number of nitrogens with zero attached hydrogens (tertiary/aromatic N) is 3. The number of nitrogens with one attached hydrogen (secondary N) is 2. The highest BCUT2D eigenvalue weighted by Crippen LogP contribution is 2.37. The fraction of sp³-hybridized carbons (Fsp3) is 0.316. The molecular weight excluding hydrogens is 330 g/mol. The minimum atomic E-state index is -0.309. The molecule has 1 saturated carbocycles. The Labute approximate surface area is 150 Å². The zero-order valence-corrected chi connectivity index (χ0v) is 14.4. The highest BCUT2D eigenvalue weighted by molar-refractivity contribution is 5.94. The second kappa shape index (κ2) is 5.45. The Morgan fingerprint density at radius 1 is 1.23 bits per heavy atom. The van der Waals surface area contributed by atoms with Gasteiger partial charge < -0.3 is 15.4 Å². The lowest BCUT2D eigenvalue weighted by atomic mass is 10.1. The normalized spacial score (nSPS) is 21.0. The largest absolute Gasteiger partial charge is 0.491 e. The number of amides is 1. The lowest BCUT2D eigenvalue weighted by molar-refractivity contribution is 0.0905. The Balaban J connectivity index is 1.63. The molecule has 2 aromatic heterocycles. The Morgan fingerprint density at radius 2 is 2.08 bits per heavy atom. The third-order valence-corrected chi connectivity index (χ3v) is 5.08. The van der Waals surface area contributed by atoms with E-state index in [9.17, 15) is 4.79 Å². The summed E-state index contributed by atoms with van der Waals surface area (Å²) in [7, 11) is 0. The Kier molecular flexibility index (Phi) is 3.19. The van der Waals surface area contributed by atoms with Crippen LogP contribution in [0.4, 0.5) is 5.82 Å². The summed E-state index contributed by atoms with van der Waals surface area (Å²) in [5, 5.41) is 11.1. The summed E-state index contributed by atoms with van der Waals surface area (Å²) >= 11 is 0. The number of imidazole rings is 1. The van der Waals surface area contributed by atoms with Gasteiger partial charge in [-0.05, 0) is 38.0 Å². The molecule has 1 atom stereocenters. The minimum absolute atomic E-state index is 0.00249. The molecule has 1 fully saturated rings. The van der Waals surface area contributed by atoms with E-state index in [1.807, 2.05) is 36.4 Å². The molecule has 1 aromatic carbocycles. The third-order valence-electron chi connectivity index (χ3n) is 5.08. The van der Waals surface area contributed by atoms with E-state index >= 15 is 0 Å². The standard InChI is InChI=1S/C19H19N5O2/c1-12-13-4-2-3-5-15(13)26-11-19(8-9-19)22-18(25)14-10-20-17-7-6-16(21-12)23-24(14)17/h2-7,10,12H,8-9,11H2,1H3,(H,21,23)(H,22,25)/t12-/m1/s1. The van der Waals surface area contributed by atoms with Crippen LogP contribution >= 0.6 is 0 Å². The maximum Gasteiger partial charge on any atom is 0.272 e. The van der Waals surface area contributed by atoms with Crippen LogP contribution in [0.1, 0.15) is 41.9 Å². The van der Waals surface area contributed by atoms with Crippen molar-refractivity contribution in [1.82, 2.24) is 19.9 Å². The zero-order valence-electron chi connectivity index (χ0n) is 14.4. The quantitative estimate of drug-likeness (QED) is 0.652. The van der Waals surface area contributed by atoms with Gasteiger partial charge in [-0.25, -0.2) is 9.50 Å². The van der Waals surface area contributed by atoms with Crippen LogP contribution in [0.2, 0.25) is 0 Å². The number of fused-ring (bicyclic) bond motifs is 2. The first-order chi connectivity index (χ1) is 12.6. The molecule has 7 nitrogen and oxygen atoms in total. The second-order valence-corrected chi connectivity index (χ2v) is 7.06. The summed E-state index contributed by atoms with van der Waals surface area (Å²) in [4.78, 5) is 17.1. The van der Waals surface area contributed by atoms with Crippen molar-refractivity contribution in [2.75, 3.05) is 11.9 Å². The van der Waals surface area contributed by atoms with Crippen LogP contribution in [-0.4, -0.2) is 32.7 Å². The second-order valence-electron chi connectivity index (χ2n) is 7.06. The Morgan fingerprint density at radius 3 is 2.92 bits per heavy atom. The number of aromatic nitrogens is 3. The van der Waals surface area contributed by atoms with E-state index in [4.69, 9.17) is 4.74 Å². The highest BCUT2D eigenvalue weighted by Gasteiger charge is 2.45. The van der Waals surface area contributed by atoms with Crippen molar-refractivity contribution in [2.24, 2.45) is 0 Å². The molecule has 26 heavy (non-hydrogen) atoms. The number of benzene rings is 1. The van der Waals surface area contributed by atoms with Gasteiger partial charge in [0.25, 0.3) is 5.91 Å². The van der Waals surface area contributed by atoms with Crippen molar-refractivity contribution in [3.8, 4) is 5.75 Å². The molecule has 5 rings (SSSR count). The molecule has 1 amide bonds. The molecule has 1 aliphatic carbocycles. The number of hydrogen-bond acceptors (Lipinski definition) is 5. The SMILES string of the molecule is C[C@H]1Nc2ccc3ncc(n3n2)C(=O)NC2(CC2)COc2ccccc21. The van der Waals surface area contributed by atoms with E-state index in [0.29, 0.717) is 23.8 Å². The molecule has 0 saturated heterocycles. The maximum atomic E-state index is 12.8. The lowest BCUT2D eigenvalue weighted by Gasteiger charge is -2.21. The minimum Gasteiger partial charge on any atom is -0.491 e. The first-order valence-electron chi connectivity index (χ1n) is 8.79. The summed E-state index contributed by atoms with van der Waals surface area (Å²) in [5.41, 5.74) is 1.82. The van der Waals surface area contributed by atoms with Gasteiger partial charge in [-0.3, -0.25) is 4.79 Å². The highest BCUT2D eigenvalue weighted by atomic mass is 16.5. The monoisotopic (exact) mass is 349 g/mol. The van der Waals surface area contributed by atoms with Gasteiger partial charge in [0.05, 0.1) is 17.8 Å². The van der Waals surface area contributed by atoms with Gasteiger partial charge in [0.1, 0.15) is 18.2 Å². The third kappa shape index (κ3) is 2.47. The molecule has 3 heterocycles. The Bertz CT molecular complexity index is 1010. The van der Waals surface area contributed by atoms with E-state index in [0.717, 1.165) is 24.2 Å². The molecule has 2 bridgehead atoms. The number of ether oxygens (including phenoxy) is 1. The van der Waals surface area contributed by atoms with Crippen molar-refractivity contribution in [3.05, 3.63) is 53.9 Å². The number of anilines is 1. The zero-order chi connectivity index (χ0) is 17.7. The number of hydrogen-bond donors (Lipinski definition) is 2. The molecule has 3 aromatic rings. The molecule has 2 aliphatic rings. The Hall–Kier alpha value is -3.09. The van der Waals surface area contributed by atoms with Crippen LogP contribution in [0.25, 0.3) is 5.65 Å². The van der Waals surface area contributed by atoms with E-state index in [1.165, 1.54) is 0 Å². The number of carbonyl (C=O) groups is 1. The van der Waals surface area contributed by atoms with Crippen molar-refractivity contribution in [3.63, 3.8) is 0 Å². The van der Waals surface area contributed by atoms with Crippen molar-refractivity contribution >= 4 is 17.4 Å². The van der Waals surface area contributed by atoms with Gasteiger partial charge in [0, 0.05) is 5.56 Å². The van der Waals surface area contributed by atoms with Crippen molar-refractivity contribution in [2.45, 2.75) is 31.3 Å². The average Bonchev–Trinajstić information content (AvgIpc) is 3.27. The smallest absolute Gasteiger partial charge is 0.272 e. The molecule has 7 heteroatoms. The molecule has 132 valence electrons. The maximum absolute atomic E-state index is 12.8. The van der Waals surface area contributed by atoms with Gasteiger partial charge in [-0.15, -0.1) is 5.10 Å². The van der Waals surface area contributed by atoms with Crippen LogP contribution in [0.5, 0.6) is 5.75 Å². The first-order valence-corrected chi connectivity index (χ1v) is 8.79. The van der Waals surface area contributed by atoms with Crippen LogP contribution in [-0.2, 0) is 0 Å². The van der Waals surface area contributed by atoms with E-state index < -0.39 is 0 Å². The molecule has 1 aliphatic heterocycles. The first kappa shape index (κ1) is 15.2. The van der Waals surface area contributed by atoms with E-state index in [2.05, 4.69) is 27.6 Å². The summed E-state index contributed by atoms with van der Waals surface area (Å²) in [6.07, 6.45) is 3.38. The van der Waals surface area contributed by atoms with Crippen molar-refractivity contribution in [1.29, 1.82) is 0 Å². The summed E-state index contributed by atoms with van der Waals surface area (Å²) in [6.45, 7) is 2.52. The van der Waals surface area contributed by atoms with Gasteiger partial charge in [0.15, 0.2) is 11.3 Å². The summed E-state index contributed by atoms with van der Waals surface area (Å²) < 4.78 is 7.70. The van der Waals surface area contributed by atoms with Crippen LogP contribution in [0.3, 0.4) is 0 Å². The number of rotatable bonds is 0. The predicted molar refractivity (Wildman–Crippen MR) is 96.4 cm³/mol. The fourth-order valence-corrected chi connectivity index (χ4v) is 3.35. The average molecular weight is 349 g/mol. The number of para-hydroxylation sites is 1. The van der Waals surface area contributed by atoms with Crippen LogP contribution < -0.4 is 15.4 Å². The molecule has 0 unspecified atom stereocenters. The molecule has 2 N–H and O–H groups in total. The fourth-order valence-electron chi connectivity index (χ4n) is 3.35. The van der Waals surface area contributed by atoms with Crippen LogP contribution in [0.15, 0.2) is 42.6 Å². The topological polar surface area (TPSA) is 80.5 Å².